The number of rotatable bonds is 6. The molecular weight excluding hydrogens is 407 g/mol. The van der Waals surface area contributed by atoms with Gasteiger partial charge in [0.25, 0.3) is 5.56 Å². The Kier molecular flexibility index (Phi) is 6.21. The molecule has 2 atom stereocenters. The molecule has 0 amide bonds. The minimum Gasteiger partial charge on any atom is -0.760 e. The van der Waals surface area contributed by atoms with Gasteiger partial charge in [0.1, 0.15) is 5.82 Å². The van der Waals surface area contributed by atoms with E-state index in [0.29, 0.717) is 29.4 Å². The molecule has 1 aliphatic rings. The number of hydrogen-bond donors (Lipinski definition) is 1. The van der Waals surface area contributed by atoms with Gasteiger partial charge in [0, 0.05) is 36.3 Å². The first kappa shape index (κ1) is 20.6. The van der Waals surface area contributed by atoms with Crippen molar-refractivity contribution in [1.29, 1.82) is 0 Å². The summed E-state index contributed by atoms with van der Waals surface area (Å²) in [6.07, 6.45) is 2.70. The summed E-state index contributed by atoms with van der Waals surface area (Å²) in [5.41, 5.74) is 0.251. The highest BCUT2D eigenvalue weighted by atomic mass is 32.2. The Morgan fingerprint density at radius 2 is 1.90 bits per heavy atom. The van der Waals surface area contributed by atoms with Gasteiger partial charge in [-0.1, -0.05) is 18.2 Å². The number of hydrogen-bond acceptors (Lipinski definition) is 5. The molecule has 1 fully saturated rings. The van der Waals surface area contributed by atoms with Crippen LogP contribution in [-0.4, -0.2) is 38.2 Å². The molecule has 1 unspecified atom stereocenters. The first-order chi connectivity index (χ1) is 14.5. The van der Waals surface area contributed by atoms with Crippen LogP contribution in [0.4, 0.5) is 10.2 Å². The number of nitrogens with one attached hydrogen (secondary N) is 1. The third kappa shape index (κ3) is 4.43. The van der Waals surface area contributed by atoms with Crippen molar-refractivity contribution < 1.29 is 13.2 Å². The standard InChI is InChI=1S/C21H23FN4O3S/c22-16-7-9-17(10-8-16)26-21(27)19-6-2-1-5-18(19)20(24-26)25-13-3-4-15(14-25)11-12-23-30(28)29/h1-2,5-10,15,23H,3-4,11-14H2,(H,28,29)/p-1/t15-/m1/s1. The molecule has 2 heterocycles. The number of anilines is 1. The van der Waals surface area contributed by atoms with Gasteiger partial charge < -0.3 is 9.45 Å². The second-order valence-corrected chi connectivity index (χ2v) is 8.19. The molecule has 4 rings (SSSR count). The lowest BCUT2D eigenvalue weighted by atomic mass is 9.94. The zero-order valence-electron chi connectivity index (χ0n) is 16.3. The van der Waals surface area contributed by atoms with Gasteiger partial charge >= 0.3 is 0 Å². The average molecular weight is 429 g/mol. The van der Waals surface area contributed by atoms with E-state index in [9.17, 15) is 17.9 Å². The molecule has 9 heteroatoms. The monoisotopic (exact) mass is 429 g/mol. The Balaban J connectivity index is 1.71. The molecule has 7 nitrogen and oxygen atoms in total. The van der Waals surface area contributed by atoms with Crippen molar-refractivity contribution in [2.45, 2.75) is 19.3 Å². The van der Waals surface area contributed by atoms with Crippen LogP contribution in [0.1, 0.15) is 19.3 Å². The van der Waals surface area contributed by atoms with Crippen molar-refractivity contribution in [2.75, 3.05) is 24.5 Å². The maximum absolute atomic E-state index is 13.4. The van der Waals surface area contributed by atoms with Crippen LogP contribution in [0.15, 0.2) is 53.3 Å². The molecule has 1 saturated heterocycles. The Hall–Kier alpha value is -2.62. The van der Waals surface area contributed by atoms with E-state index in [1.165, 1.54) is 28.9 Å². The van der Waals surface area contributed by atoms with Crippen molar-refractivity contribution >= 4 is 27.9 Å². The van der Waals surface area contributed by atoms with E-state index >= 15 is 0 Å². The maximum atomic E-state index is 13.4. The number of aromatic nitrogens is 2. The smallest absolute Gasteiger partial charge is 0.279 e. The molecule has 1 N–H and O–H groups in total. The lowest BCUT2D eigenvalue weighted by Gasteiger charge is -2.34. The second-order valence-electron chi connectivity index (χ2n) is 7.43. The Morgan fingerprint density at radius 1 is 1.17 bits per heavy atom. The fourth-order valence-corrected chi connectivity index (χ4v) is 4.29. The Bertz CT molecular complexity index is 1120. The predicted molar refractivity (Wildman–Crippen MR) is 114 cm³/mol. The minimum atomic E-state index is -2.25. The summed E-state index contributed by atoms with van der Waals surface area (Å²) in [7, 11) is 0. The molecule has 0 bridgehead atoms. The maximum Gasteiger partial charge on any atom is 0.279 e. The zero-order chi connectivity index (χ0) is 21.1. The van der Waals surface area contributed by atoms with Crippen LogP contribution >= 0.6 is 0 Å². The zero-order valence-corrected chi connectivity index (χ0v) is 17.1. The van der Waals surface area contributed by atoms with E-state index < -0.39 is 11.3 Å². The molecule has 158 valence electrons. The van der Waals surface area contributed by atoms with Gasteiger partial charge in [0.15, 0.2) is 5.82 Å². The molecule has 0 aliphatic carbocycles. The number of benzene rings is 2. The lowest BCUT2D eigenvalue weighted by molar-refractivity contribution is 0.388. The third-order valence-electron chi connectivity index (χ3n) is 5.45. The number of halogens is 1. The van der Waals surface area contributed by atoms with Crippen LogP contribution in [-0.2, 0) is 11.3 Å². The molecule has 1 aromatic heterocycles. The summed E-state index contributed by atoms with van der Waals surface area (Å²) in [6, 6.07) is 13.0. The molecule has 3 aromatic rings. The SMILES string of the molecule is O=c1c2ccccc2c(N2CCC[C@H](CCNS(=O)[O-])C2)nn1-c1ccc(F)cc1. The number of nitrogens with zero attached hydrogens (tertiary/aromatic N) is 3. The minimum absolute atomic E-state index is 0.253. The van der Waals surface area contributed by atoms with Crippen LogP contribution < -0.4 is 15.2 Å². The van der Waals surface area contributed by atoms with Gasteiger partial charge in [-0.05, 0) is 55.5 Å². The van der Waals surface area contributed by atoms with Crippen molar-refractivity contribution in [1.82, 2.24) is 14.5 Å². The van der Waals surface area contributed by atoms with Crippen LogP contribution in [0.25, 0.3) is 16.5 Å². The van der Waals surface area contributed by atoms with Gasteiger partial charge in [-0.25, -0.2) is 9.11 Å². The van der Waals surface area contributed by atoms with Crippen molar-refractivity contribution in [2.24, 2.45) is 5.92 Å². The summed E-state index contributed by atoms with van der Waals surface area (Å²) < 4.78 is 38.5. The summed E-state index contributed by atoms with van der Waals surface area (Å²) in [4.78, 5) is 15.2. The van der Waals surface area contributed by atoms with Crippen LogP contribution in [0.2, 0.25) is 0 Å². The van der Waals surface area contributed by atoms with Gasteiger partial charge in [0.2, 0.25) is 0 Å². The topological polar surface area (TPSA) is 90.3 Å². The van der Waals surface area contributed by atoms with Gasteiger partial charge in [0.05, 0.1) is 11.1 Å². The third-order valence-corrected chi connectivity index (χ3v) is 5.89. The molecule has 2 aromatic carbocycles. The van der Waals surface area contributed by atoms with Crippen molar-refractivity contribution in [3.63, 3.8) is 0 Å². The number of piperidine rings is 1. The van der Waals surface area contributed by atoms with Gasteiger partial charge in [-0.3, -0.25) is 9.00 Å². The van der Waals surface area contributed by atoms with E-state index in [1.54, 1.807) is 6.07 Å². The fraction of sp³-hybridized carbons (Fsp3) is 0.333. The predicted octanol–water partition coefficient (Wildman–Crippen LogP) is 2.51. The van der Waals surface area contributed by atoms with Crippen LogP contribution in [0.3, 0.4) is 0 Å². The molecule has 1 aliphatic heterocycles. The van der Waals surface area contributed by atoms with Crippen LogP contribution in [0.5, 0.6) is 0 Å². The van der Waals surface area contributed by atoms with E-state index in [1.807, 2.05) is 18.2 Å². The molecule has 0 radical (unpaired) electrons. The highest BCUT2D eigenvalue weighted by Gasteiger charge is 2.24. The van der Waals surface area contributed by atoms with E-state index in [2.05, 4.69) is 14.7 Å². The number of fused-ring (bicyclic) bond motifs is 1. The highest BCUT2D eigenvalue weighted by Crippen LogP contribution is 2.28. The molecule has 0 spiro atoms. The van der Waals surface area contributed by atoms with E-state index in [4.69, 9.17) is 0 Å². The second kappa shape index (κ2) is 9.03. The van der Waals surface area contributed by atoms with Crippen molar-refractivity contribution in [3.8, 4) is 5.69 Å². The lowest BCUT2D eigenvalue weighted by Crippen LogP contribution is -2.38. The average Bonchev–Trinajstić information content (AvgIpc) is 2.75. The Labute approximate surface area is 175 Å². The first-order valence-electron chi connectivity index (χ1n) is 9.88. The summed E-state index contributed by atoms with van der Waals surface area (Å²) in [5, 5.41) is 5.99. The summed E-state index contributed by atoms with van der Waals surface area (Å²) in [5.74, 6) is 0.653. The first-order valence-corrected chi connectivity index (χ1v) is 11.0. The fourth-order valence-electron chi connectivity index (χ4n) is 4.00. The van der Waals surface area contributed by atoms with E-state index in [0.717, 1.165) is 37.7 Å². The normalized spacial score (nSPS) is 17.9. The van der Waals surface area contributed by atoms with Gasteiger partial charge in [-0.2, -0.15) is 4.68 Å². The largest absolute Gasteiger partial charge is 0.760 e. The van der Waals surface area contributed by atoms with E-state index in [-0.39, 0.29) is 11.4 Å². The van der Waals surface area contributed by atoms with Crippen LogP contribution in [0, 0.1) is 11.7 Å². The van der Waals surface area contributed by atoms with Gasteiger partial charge in [-0.15, -0.1) is 5.10 Å². The quantitative estimate of drug-likeness (QED) is 0.608. The summed E-state index contributed by atoms with van der Waals surface area (Å²) in [6.45, 7) is 1.93. The highest BCUT2D eigenvalue weighted by molar-refractivity contribution is 7.77. The Morgan fingerprint density at radius 3 is 2.63 bits per heavy atom. The molecule has 30 heavy (non-hydrogen) atoms. The molecule has 0 saturated carbocycles. The van der Waals surface area contributed by atoms with Crippen molar-refractivity contribution in [3.05, 3.63) is 64.7 Å². The summed E-state index contributed by atoms with van der Waals surface area (Å²) >= 11 is -2.25. The molecular formula is C21H22FN4O3S-.